The molecule has 9 amide bonds. The standard InChI is InChI=1S/C48H76N10O10S/c1-6-30(4)41(56-47(67)38-17-12-23-57(38)31(5)60)48(68)58-24-13-18-39(58)46(66)55-37(27-32-14-8-7-9-15-32)45(65)54-36(26-29(2)3)44(64)53-35(21-25-69)43(63)52-34(19-20-40(50)61)42(62)51-33(28-59)16-10-11-22-49/h7-9,14-15,28-30,33-39,41,69H,6,10-13,16-27,49H2,1-5H3,(H2,50,61)(H,51,62)(H,52,63)(H,53,64)(H,54,65)(H,55,66)(H,56,67)/t30-,33-,34-,35-,36-,37-,38-,39-,41-/m0/s1. The maximum atomic E-state index is 14.4. The van der Waals surface area contributed by atoms with Crippen LogP contribution in [-0.4, -0.2) is 143 Å². The van der Waals surface area contributed by atoms with Crippen LogP contribution < -0.4 is 43.4 Å². The zero-order chi connectivity index (χ0) is 51.2. The van der Waals surface area contributed by atoms with Crippen molar-refractivity contribution in [3.8, 4) is 0 Å². The monoisotopic (exact) mass is 985 g/mol. The van der Waals surface area contributed by atoms with Gasteiger partial charge in [-0.1, -0.05) is 64.4 Å². The van der Waals surface area contributed by atoms with Crippen LogP contribution in [0.2, 0.25) is 0 Å². The Morgan fingerprint density at radius 2 is 1.28 bits per heavy atom. The molecule has 0 radical (unpaired) electrons. The molecule has 0 bridgehead atoms. The van der Waals surface area contributed by atoms with Crippen molar-refractivity contribution in [1.82, 2.24) is 41.7 Å². The first-order chi connectivity index (χ1) is 32.8. The molecule has 0 aromatic heterocycles. The Labute approximate surface area is 411 Å². The van der Waals surface area contributed by atoms with Crippen LogP contribution in [0.3, 0.4) is 0 Å². The van der Waals surface area contributed by atoms with E-state index in [0.717, 1.165) is 0 Å². The van der Waals surface area contributed by atoms with Crippen LogP contribution in [0.5, 0.6) is 0 Å². The fourth-order valence-electron chi connectivity index (χ4n) is 8.60. The molecule has 9 atom stereocenters. The minimum atomic E-state index is -1.30. The number of aldehydes is 1. The van der Waals surface area contributed by atoms with E-state index in [9.17, 15) is 47.9 Å². The highest BCUT2D eigenvalue weighted by molar-refractivity contribution is 7.80. The molecule has 1 aromatic carbocycles. The molecule has 2 fully saturated rings. The summed E-state index contributed by atoms with van der Waals surface area (Å²) in [4.78, 5) is 137. The highest BCUT2D eigenvalue weighted by Gasteiger charge is 2.42. The molecule has 0 unspecified atom stereocenters. The summed E-state index contributed by atoms with van der Waals surface area (Å²) < 4.78 is 0. The highest BCUT2D eigenvalue weighted by atomic mass is 32.1. The zero-order valence-corrected chi connectivity index (χ0v) is 41.7. The number of nitrogens with two attached hydrogens (primary N) is 2. The van der Waals surface area contributed by atoms with E-state index in [1.54, 1.807) is 30.3 Å². The number of rotatable bonds is 29. The van der Waals surface area contributed by atoms with Crippen LogP contribution in [0.25, 0.3) is 0 Å². The number of thiol groups is 1. The molecule has 69 heavy (non-hydrogen) atoms. The Kier molecular flexibility index (Phi) is 24.7. The molecule has 2 heterocycles. The fraction of sp³-hybridized carbons (Fsp3) is 0.667. The molecular formula is C48H76N10O10S. The second-order valence-corrected chi connectivity index (χ2v) is 19.0. The Morgan fingerprint density at radius 3 is 1.84 bits per heavy atom. The number of unbranched alkanes of at least 4 members (excludes halogenated alkanes) is 1. The van der Waals surface area contributed by atoms with Crippen LogP contribution in [-0.2, 0) is 54.4 Å². The maximum absolute atomic E-state index is 14.4. The van der Waals surface area contributed by atoms with E-state index >= 15 is 0 Å². The Morgan fingerprint density at radius 1 is 0.725 bits per heavy atom. The largest absolute Gasteiger partial charge is 0.370 e. The number of hydrogen-bond acceptors (Lipinski definition) is 12. The molecular weight excluding hydrogens is 909 g/mol. The predicted molar refractivity (Wildman–Crippen MR) is 262 cm³/mol. The van der Waals surface area contributed by atoms with E-state index < -0.39 is 95.6 Å². The van der Waals surface area contributed by atoms with Gasteiger partial charge in [-0.15, -0.1) is 0 Å². The number of nitrogens with one attached hydrogen (secondary N) is 6. The van der Waals surface area contributed by atoms with Gasteiger partial charge in [0.2, 0.25) is 53.2 Å². The van der Waals surface area contributed by atoms with E-state index in [4.69, 9.17) is 11.5 Å². The number of primary amides is 1. The number of carbonyl (C=O) groups is 10. The summed E-state index contributed by atoms with van der Waals surface area (Å²) in [6.07, 6.45) is 4.23. The second kappa shape index (κ2) is 29.5. The quantitative estimate of drug-likeness (QED) is 0.0296. The molecule has 21 heteroatoms. The van der Waals surface area contributed by atoms with Crippen LogP contribution in [0, 0.1) is 11.8 Å². The molecule has 384 valence electrons. The van der Waals surface area contributed by atoms with E-state index in [0.29, 0.717) is 76.3 Å². The first-order valence-corrected chi connectivity index (χ1v) is 25.0. The third-order valence-corrected chi connectivity index (χ3v) is 12.9. The maximum Gasteiger partial charge on any atom is 0.246 e. The minimum Gasteiger partial charge on any atom is -0.370 e. The molecule has 20 nitrogen and oxygen atoms in total. The molecule has 0 spiro atoms. The van der Waals surface area contributed by atoms with E-state index in [-0.39, 0.29) is 62.1 Å². The minimum absolute atomic E-state index is 0.00551. The van der Waals surface area contributed by atoms with Gasteiger partial charge in [0.05, 0.1) is 6.04 Å². The van der Waals surface area contributed by atoms with Crippen molar-refractivity contribution >= 4 is 72.1 Å². The molecule has 1 aromatic rings. The first-order valence-electron chi connectivity index (χ1n) is 24.3. The van der Waals surface area contributed by atoms with Gasteiger partial charge in [0.1, 0.15) is 48.6 Å². The van der Waals surface area contributed by atoms with Crippen molar-refractivity contribution in [3.05, 3.63) is 35.9 Å². The topological polar surface area (TPSA) is 301 Å². The summed E-state index contributed by atoms with van der Waals surface area (Å²) in [5, 5.41) is 16.4. The molecule has 2 aliphatic heterocycles. The third-order valence-electron chi connectivity index (χ3n) is 12.7. The van der Waals surface area contributed by atoms with Gasteiger partial charge in [0.15, 0.2) is 0 Å². The van der Waals surface area contributed by atoms with Gasteiger partial charge >= 0.3 is 0 Å². The average molecular weight is 985 g/mol. The van der Waals surface area contributed by atoms with Gasteiger partial charge in [-0.3, -0.25) is 43.2 Å². The SMILES string of the molecule is CC[C@H](C)[C@H](NC(=O)[C@@H]1CCCN1C(C)=O)C(=O)N1CCC[C@H]1C(=O)N[C@@H](Cc1ccccc1)C(=O)N[C@@H](CC(C)C)C(=O)N[C@@H](CCS)C(=O)N[C@@H](CCC(N)=O)C(=O)N[C@H](C=O)CCCCN. The Hall–Kier alpha value is -5.57. The average Bonchev–Trinajstić information content (AvgIpc) is 4.02. The molecule has 2 saturated heterocycles. The van der Waals surface area contributed by atoms with Crippen molar-refractivity contribution < 1.29 is 47.9 Å². The molecule has 2 aliphatic rings. The zero-order valence-electron chi connectivity index (χ0n) is 40.8. The number of amides is 9. The van der Waals surface area contributed by atoms with Gasteiger partial charge in [-0.25, -0.2) is 0 Å². The fourth-order valence-corrected chi connectivity index (χ4v) is 8.85. The molecule has 3 rings (SSSR count). The highest BCUT2D eigenvalue weighted by Crippen LogP contribution is 2.24. The summed E-state index contributed by atoms with van der Waals surface area (Å²) in [7, 11) is 0. The van der Waals surface area contributed by atoms with Gasteiger partial charge < -0.3 is 58.0 Å². The predicted octanol–water partition coefficient (Wildman–Crippen LogP) is 0.145. The lowest BCUT2D eigenvalue weighted by Crippen LogP contribution is -2.60. The molecule has 0 saturated carbocycles. The van der Waals surface area contributed by atoms with Gasteiger partial charge in [-0.2, -0.15) is 12.6 Å². The van der Waals surface area contributed by atoms with Gasteiger partial charge in [0.25, 0.3) is 0 Å². The van der Waals surface area contributed by atoms with E-state index in [2.05, 4.69) is 44.5 Å². The Bertz CT molecular complexity index is 1920. The third kappa shape index (κ3) is 18.4. The summed E-state index contributed by atoms with van der Waals surface area (Å²) in [5.74, 6) is -5.67. The van der Waals surface area contributed by atoms with Crippen molar-refractivity contribution in [2.75, 3.05) is 25.4 Å². The van der Waals surface area contributed by atoms with Crippen molar-refractivity contribution in [3.63, 3.8) is 0 Å². The van der Waals surface area contributed by atoms with Crippen molar-refractivity contribution in [2.45, 2.75) is 166 Å². The number of benzene rings is 1. The summed E-state index contributed by atoms with van der Waals surface area (Å²) in [6.45, 7) is 9.90. The summed E-state index contributed by atoms with van der Waals surface area (Å²) >= 11 is 4.28. The number of hydrogen-bond donors (Lipinski definition) is 9. The second-order valence-electron chi connectivity index (χ2n) is 18.5. The van der Waals surface area contributed by atoms with Crippen LogP contribution in [0.4, 0.5) is 0 Å². The van der Waals surface area contributed by atoms with Gasteiger partial charge in [-0.05, 0) is 93.9 Å². The smallest absolute Gasteiger partial charge is 0.246 e. The van der Waals surface area contributed by atoms with Gasteiger partial charge in [0, 0.05) is 32.9 Å². The number of nitrogens with zero attached hydrogens (tertiary/aromatic N) is 2. The Balaban J connectivity index is 1.84. The lowest BCUT2D eigenvalue weighted by atomic mass is 9.96. The number of carbonyl (C=O) groups excluding carboxylic acids is 10. The van der Waals surface area contributed by atoms with E-state index in [1.807, 2.05) is 27.7 Å². The normalized spacial score (nSPS) is 18.7. The van der Waals surface area contributed by atoms with Crippen LogP contribution >= 0.6 is 12.6 Å². The molecule has 10 N–H and O–H groups in total. The van der Waals surface area contributed by atoms with E-state index in [1.165, 1.54) is 16.7 Å². The first kappa shape index (κ1) is 57.7. The van der Waals surface area contributed by atoms with Crippen molar-refractivity contribution in [1.29, 1.82) is 0 Å². The lowest BCUT2D eigenvalue weighted by molar-refractivity contribution is -0.144. The molecule has 0 aliphatic carbocycles. The summed E-state index contributed by atoms with van der Waals surface area (Å²) in [6, 6.07) is 0.433. The number of likely N-dealkylation sites (tertiary alicyclic amines) is 2. The van der Waals surface area contributed by atoms with Crippen LogP contribution in [0.1, 0.15) is 117 Å². The van der Waals surface area contributed by atoms with Crippen molar-refractivity contribution in [2.24, 2.45) is 23.3 Å². The lowest BCUT2D eigenvalue weighted by Gasteiger charge is -2.33. The van der Waals surface area contributed by atoms with Crippen LogP contribution in [0.15, 0.2) is 30.3 Å². The summed E-state index contributed by atoms with van der Waals surface area (Å²) in [5.41, 5.74) is 11.6.